The lowest BCUT2D eigenvalue weighted by Crippen LogP contribution is -2.45. The van der Waals surface area contributed by atoms with Crippen LogP contribution in [0.4, 0.5) is 10.1 Å². The molecule has 2 aromatic carbocycles. The number of hydrogen-bond acceptors (Lipinski definition) is 3. The van der Waals surface area contributed by atoms with E-state index in [0.29, 0.717) is 12.3 Å². The zero-order valence-corrected chi connectivity index (χ0v) is 13.2. The lowest BCUT2D eigenvalue weighted by molar-refractivity contribution is -0.125. The minimum Gasteiger partial charge on any atom is -0.482 e. The highest BCUT2D eigenvalue weighted by Gasteiger charge is 2.27. The number of aryl methyl sites for hydroxylation is 1. The Labute approximate surface area is 139 Å². The Balaban J connectivity index is 1.66. The Morgan fingerprint density at radius 1 is 1.25 bits per heavy atom. The van der Waals surface area contributed by atoms with E-state index in [4.69, 9.17) is 4.74 Å². The number of hydrogen-bond donors (Lipinski definition) is 1. The number of halogens is 1. The van der Waals surface area contributed by atoms with Crippen molar-refractivity contribution in [3.63, 3.8) is 0 Å². The van der Waals surface area contributed by atoms with E-state index in [1.54, 1.807) is 0 Å². The van der Waals surface area contributed by atoms with Crippen molar-refractivity contribution in [2.24, 2.45) is 0 Å². The van der Waals surface area contributed by atoms with Crippen LogP contribution in [-0.4, -0.2) is 25.0 Å². The summed E-state index contributed by atoms with van der Waals surface area (Å²) < 4.78 is 18.7. The maximum Gasteiger partial charge on any atom is 0.265 e. The Bertz CT molecular complexity index is 774. The van der Waals surface area contributed by atoms with E-state index >= 15 is 0 Å². The Kier molecular flexibility index (Phi) is 4.46. The molecule has 0 atom stereocenters. The molecule has 24 heavy (non-hydrogen) atoms. The molecule has 0 radical (unpaired) electrons. The first-order chi connectivity index (χ1) is 11.5. The SMILES string of the molecule is Cc1ccc(CNC(=O)CN2C(=O)COc3ccc(F)cc32)cc1. The molecule has 1 aliphatic heterocycles. The molecule has 124 valence electrons. The smallest absolute Gasteiger partial charge is 0.265 e. The van der Waals surface area contributed by atoms with Crippen LogP contribution in [0.1, 0.15) is 11.1 Å². The number of carbonyl (C=O) groups excluding carboxylic acids is 2. The highest BCUT2D eigenvalue weighted by atomic mass is 19.1. The molecule has 3 rings (SSSR count). The summed E-state index contributed by atoms with van der Waals surface area (Å²) in [5, 5.41) is 2.76. The number of nitrogens with zero attached hydrogens (tertiary/aromatic N) is 1. The molecule has 0 aromatic heterocycles. The van der Waals surface area contributed by atoms with Crippen LogP contribution in [0.15, 0.2) is 42.5 Å². The molecular weight excluding hydrogens is 311 g/mol. The molecule has 1 aliphatic rings. The fourth-order valence-electron chi connectivity index (χ4n) is 2.45. The molecule has 0 saturated heterocycles. The first-order valence-electron chi connectivity index (χ1n) is 7.58. The topological polar surface area (TPSA) is 58.6 Å². The molecule has 1 N–H and O–H groups in total. The fraction of sp³-hybridized carbons (Fsp3) is 0.222. The second-order valence-electron chi connectivity index (χ2n) is 5.64. The van der Waals surface area contributed by atoms with E-state index in [-0.39, 0.29) is 30.7 Å². The third-order valence-electron chi connectivity index (χ3n) is 3.78. The minimum absolute atomic E-state index is 0.163. The summed E-state index contributed by atoms with van der Waals surface area (Å²) >= 11 is 0. The minimum atomic E-state index is -0.489. The number of carbonyl (C=O) groups is 2. The second-order valence-corrected chi connectivity index (χ2v) is 5.64. The molecule has 5 nitrogen and oxygen atoms in total. The number of amides is 2. The van der Waals surface area contributed by atoms with Gasteiger partial charge in [-0.05, 0) is 24.6 Å². The van der Waals surface area contributed by atoms with Crippen molar-refractivity contribution in [3.8, 4) is 5.75 Å². The zero-order chi connectivity index (χ0) is 17.1. The summed E-state index contributed by atoms with van der Waals surface area (Å²) in [6.07, 6.45) is 0. The normalized spacial score (nSPS) is 13.2. The summed E-state index contributed by atoms with van der Waals surface area (Å²) in [5.41, 5.74) is 2.38. The van der Waals surface area contributed by atoms with Gasteiger partial charge in [0, 0.05) is 12.6 Å². The molecule has 0 saturated carbocycles. The van der Waals surface area contributed by atoms with Gasteiger partial charge in [-0.25, -0.2) is 4.39 Å². The average molecular weight is 328 g/mol. The third kappa shape index (κ3) is 3.53. The van der Waals surface area contributed by atoms with Gasteiger partial charge in [-0.1, -0.05) is 29.8 Å². The number of rotatable bonds is 4. The molecule has 0 unspecified atom stereocenters. The fourth-order valence-corrected chi connectivity index (χ4v) is 2.45. The highest BCUT2D eigenvalue weighted by molar-refractivity contribution is 6.02. The van der Waals surface area contributed by atoms with Gasteiger partial charge in [0.15, 0.2) is 6.61 Å². The average Bonchev–Trinajstić information content (AvgIpc) is 2.57. The molecule has 0 bridgehead atoms. The molecule has 0 spiro atoms. The van der Waals surface area contributed by atoms with E-state index in [9.17, 15) is 14.0 Å². The molecule has 2 amide bonds. The van der Waals surface area contributed by atoms with Gasteiger partial charge in [0.25, 0.3) is 5.91 Å². The number of fused-ring (bicyclic) bond motifs is 1. The summed E-state index contributed by atoms with van der Waals surface area (Å²) in [5.74, 6) is -0.793. The Morgan fingerprint density at radius 3 is 2.75 bits per heavy atom. The van der Waals surface area contributed by atoms with Gasteiger partial charge in [0.2, 0.25) is 5.91 Å². The van der Waals surface area contributed by atoms with Crippen molar-refractivity contribution in [1.82, 2.24) is 5.32 Å². The monoisotopic (exact) mass is 328 g/mol. The number of anilines is 1. The Morgan fingerprint density at radius 2 is 2.00 bits per heavy atom. The highest BCUT2D eigenvalue weighted by Crippen LogP contribution is 2.32. The molecule has 0 fully saturated rings. The van der Waals surface area contributed by atoms with Gasteiger partial charge in [-0.2, -0.15) is 0 Å². The summed E-state index contributed by atoms with van der Waals surface area (Å²) in [6.45, 7) is 2.02. The van der Waals surface area contributed by atoms with E-state index in [2.05, 4.69) is 5.32 Å². The van der Waals surface area contributed by atoms with Crippen LogP contribution in [0.5, 0.6) is 5.75 Å². The predicted molar refractivity (Wildman–Crippen MR) is 87.3 cm³/mol. The van der Waals surface area contributed by atoms with Gasteiger partial charge in [-0.3, -0.25) is 14.5 Å². The van der Waals surface area contributed by atoms with Crippen LogP contribution < -0.4 is 15.0 Å². The van der Waals surface area contributed by atoms with Gasteiger partial charge < -0.3 is 10.1 Å². The molecule has 1 heterocycles. The molecule has 6 heteroatoms. The van der Waals surface area contributed by atoms with Crippen molar-refractivity contribution >= 4 is 17.5 Å². The van der Waals surface area contributed by atoms with Crippen molar-refractivity contribution in [1.29, 1.82) is 0 Å². The summed E-state index contributed by atoms with van der Waals surface area (Å²) in [4.78, 5) is 25.4. The maximum atomic E-state index is 13.4. The largest absolute Gasteiger partial charge is 0.482 e. The lowest BCUT2D eigenvalue weighted by atomic mass is 10.1. The van der Waals surface area contributed by atoms with E-state index in [1.165, 1.54) is 23.1 Å². The van der Waals surface area contributed by atoms with Crippen LogP contribution >= 0.6 is 0 Å². The van der Waals surface area contributed by atoms with Gasteiger partial charge >= 0.3 is 0 Å². The lowest BCUT2D eigenvalue weighted by Gasteiger charge is -2.28. The summed E-state index contributed by atoms with van der Waals surface area (Å²) in [6, 6.07) is 11.7. The van der Waals surface area contributed by atoms with E-state index in [0.717, 1.165) is 11.1 Å². The van der Waals surface area contributed by atoms with E-state index in [1.807, 2.05) is 31.2 Å². The van der Waals surface area contributed by atoms with Crippen molar-refractivity contribution in [2.75, 3.05) is 18.1 Å². The standard InChI is InChI=1S/C18H17FN2O3/c1-12-2-4-13(5-3-12)9-20-17(22)10-21-15-8-14(19)6-7-16(15)24-11-18(21)23/h2-8H,9-11H2,1H3,(H,20,22). The maximum absolute atomic E-state index is 13.4. The van der Waals surface area contributed by atoms with Crippen molar-refractivity contribution in [3.05, 3.63) is 59.4 Å². The number of ether oxygens (including phenoxy) is 1. The first kappa shape index (κ1) is 16.0. The first-order valence-corrected chi connectivity index (χ1v) is 7.58. The summed E-state index contributed by atoms with van der Waals surface area (Å²) in [7, 11) is 0. The van der Waals surface area contributed by atoms with Crippen LogP contribution in [0, 0.1) is 12.7 Å². The van der Waals surface area contributed by atoms with E-state index < -0.39 is 5.82 Å². The quantitative estimate of drug-likeness (QED) is 0.936. The van der Waals surface area contributed by atoms with Crippen molar-refractivity contribution < 1.29 is 18.7 Å². The predicted octanol–water partition coefficient (Wildman–Crippen LogP) is 2.18. The third-order valence-corrected chi connectivity index (χ3v) is 3.78. The van der Waals surface area contributed by atoms with Crippen LogP contribution in [-0.2, 0) is 16.1 Å². The second kappa shape index (κ2) is 6.70. The number of benzene rings is 2. The molecular formula is C18H17FN2O3. The van der Waals surface area contributed by atoms with Gasteiger partial charge in [0.05, 0.1) is 5.69 Å². The Hall–Kier alpha value is -2.89. The molecule has 2 aromatic rings. The van der Waals surface area contributed by atoms with Crippen LogP contribution in [0.3, 0.4) is 0 Å². The van der Waals surface area contributed by atoms with Crippen LogP contribution in [0.2, 0.25) is 0 Å². The van der Waals surface area contributed by atoms with Crippen LogP contribution in [0.25, 0.3) is 0 Å². The van der Waals surface area contributed by atoms with Crippen molar-refractivity contribution in [2.45, 2.75) is 13.5 Å². The zero-order valence-electron chi connectivity index (χ0n) is 13.2. The van der Waals surface area contributed by atoms with Gasteiger partial charge in [0.1, 0.15) is 18.1 Å². The molecule has 0 aliphatic carbocycles. The van der Waals surface area contributed by atoms with Gasteiger partial charge in [-0.15, -0.1) is 0 Å². The number of nitrogens with one attached hydrogen (secondary N) is 1.